The minimum atomic E-state index is -5.77. The summed E-state index contributed by atoms with van der Waals surface area (Å²) >= 11 is 3.28. The molecule has 2 unspecified atom stereocenters. The van der Waals surface area contributed by atoms with Crippen molar-refractivity contribution in [3.8, 4) is 0 Å². The Morgan fingerprint density at radius 1 is 0.973 bits per heavy atom. The number of H-pyrrole nitrogens is 1. The molecule has 3 rings (SSSR count). The number of rotatable bonds is 10. The third kappa shape index (κ3) is 8.33. The van der Waals surface area contributed by atoms with E-state index in [-0.39, 0.29) is 12.1 Å². The summed E-state index contributed by atoms with van der Waals surface area (Å²) in [7, 11) is -16.9. The van der Waals surface area contributed by atoms with Crippen LogP contribution in [0.4, 0.5) is 0 Å². The smallest absolute Gasteiger partial charge is 0.387 e. The normalized spacial score (nSPS) is 25.5. The number of aliphatic hydroxyl groups excluding tert-OH is 2. The molecular weight excluding hydrogens is 633 g/mol. The van der Waals surface area contributed by atoms with Crippen molar-refractivity contribution in [1.82, 2.24) is 9.55 Å². The third-order valence-corrected chi connectivity index (χ3v) is 9.12. The quantitative estimate of drug-likeness (QED) is 0.165. The van der Waals surface area contributed by atoms with Crippen LogP contribution in [0.5, 0.6) is 0 Å². The zero-order chi connectivity index (χ0) is 27.8. The Hall–Kier alpha value is -1.33. The van der Waals surface area contributed by atoms with Gasteiger partial charge in [0, 0.05) is 10.7 Å². The Labute approximate surface area is 214 Å². The van der Waals surface area contributed by atoms with Gasteiger partial charge in [0.25, 0.3) is 5.56 Å². The molecule has 0 radical (unpaired) electrons. The van der Waals surface area contributed by atoms with Crippen LogP contribution in [-0.2, 0) is 38.1 Å². The predicted octanol–water partition coefficient (Wildman–Crippen LogP) is -0.148. The maximum atomic E-state index is 12.4. The van der Waals surface area contributed by atoms with E-state index in [1.54, 1.807) is 24.3 Å². The van der Waals surface area contributed by atoms with Gasteiger partial charge in [-0.05, 0) is 17.7 Å². The minimum absolute atomic E-state index is 0.0245. The lowest BCUT2D eigenvalue weighted by atomic mass is 10.0. The zero-order valence-electron chi connectivity index (χ0n) is 18.1. The highest BCUT2D eigenvalue weighted by Crippen LogP contribution is 2.66. The second-order valence-electron chi connectivity index (χ2n) is 7.56. The molecule has 17 nitrogen and oxygen atoms in total. The maximum Gasteiger partial charge on any atom is 0.490 e. The second-order valence-corrected chi connectivity index (χ2v) is 12.9. The van der Waals surface area contributed by atoms with E-state index in [9.17, 15) is 43.3 Å². The Morgan fingerprint density at radius 3 is 2.19 bits per heavy atom. The number of halogens is 1. The topological polar surface area (TPSA) is 264 Å². The summed E-state index contributed by atoms with van der Waals surface area (Å²) in [5, 5.41) is 20.7. The largest absolute Gasteiger partial charge is 0.490 e. The maximum absolute atomic E-state index is 12.4. The molecule has 0 spiro atoms. The van der Waals surface area contributed by atoms with Crippen molar-refractivity contribution in [3.63, 3.8) is 0 Å². The molecule has 37 heavy (non-hydrogen) atoms. The molecule has 1 aliphatic heterocycles. The first kappa shape index (κ1) is 30.2. The van der Waals surface area contributed by atoms with Gasteiger partial charge in [-0.1, -0.05) is 28.1 Å². The SMILES string of the molecule is O=c1[nH]c(=O)n(Cc2ccc(Br)cc2)cc1[C@@H]1O[C@H](COP(=O)(O)OP(=O)(O)OP(=O)(O)O)[C@@H](O)[C@H]1O. The molecular formula is C16H20BrN2O15P3. The van der Waals surface area contributed by atoms with Crippen molar-refractivity contribution in [1.29, 1.82) is 0 Å². The molecule has 0 bridgehead atoms. The van der Waals surface area contributed by atoms with Crippen LogP contribution in [0.15, 0.2) is 44.5 Å². The summed E-state index contributed by atoms with van der Waals surface area (Å²) in [6.45, 7) is -1.04. The number of ether oxygens (including phenoxy) is 1. The van der Waals surface area contributed by atoms with Gasteiger partial charge in [0.05, 0.1) is 18.7 Å². The van der Waals surface area contributed by atoms with Crippen molar-refractivity contribution < 1.29 is 61.4 Å². The number of phosphoric ester groups is 1. The lowest BCUT2D eigenvalue weighted by molar-refractivity contribution is -0.0228. The number of nitrogens with zero attached hydrogens (tertiary/aromatic N) is 1. The number of hydrogen-bond acceptors (Lipinski definition) is 11. The fourth-order valence-electron chi connectivity index (χ4n) is 3.25. The highest BCUT2D eigenvalue weighted by atomic mass is 79.9. The van der Waals surface area contributed by atoms with E-state index in [4.69, 9.17) is 14.5 Å². The average Bonchev–Trinajstić information content (AvgIpc) is 3.01. The standard InChI is InChI=1S/C16H20BrN2O15P3/c17-9-3-1-8(2-4-9)5-19-6-10(15(22)18-16(19)23)14-13(21)12(20)11(32-14)7-31-36(27,28)34-37(29,30)33-35(24,25)26/h1-4,6,11-14,20-21H,5,7H2,(H,27,28)(H,29,30)(H,18,22,23)(H2,24,25,26)/t11-,12-,13-,14+/m1/s1. The molecule has 1 aliphatic rings. The summed E-state index contributed by atoms with van der Waals surface area (Å²) < 4.78 is 52.8. The molecule has 21 heteroatoms. The monoisotopic (exact) mass is 652 g/mol. The molecule has 6 atom stereocenters. The van der Waals surface area contributed by atoms with Gasteiger partial charge in [-0.25, -0.2) is 18.5 Å². The van der Waals surface area contributed by atoms with Gasteiger partial charge in [-0.15, -0.1) is 0 Å². The van der Waals surface area contributed by atoms with Crippen LogP contribution in [0.25, 0.3) is 0 Å². The summed E-state index contributed by atoms with van der Waals surface area (Å²) in [6, 6.07) is 6.89. The number of hydrogen-bond donors (Lipinski definition) is 7. The van der Waals surface area contributed by atoms with Gasteiger partial charge in [0.2, 0.25) is 0 Å². The fourth-order valence-corrected chi connectivity index (χ4v) is 6.54. The Balaban J connectivity index is 1.74. The van der Waals surface area contributed by atoms with E-state index >= 15 is 0 Å². The van der Waals surface area contributed by atoms with Crippen molar-refractivity contribution in [2.45, 2.75) is 31.0 Å². The van der Waals surface area contributed by atoms with Gasteiger partial charge in [0.15, 0.2) is 0 Å². The van der Waals surface area contributed by atoms with Crippen LogP contribution in [-0.4, -0.2) is 64.3 Å². The van der Waals surface area contributed by atoms with Crippen LogP contribution in [0.1, 0.15) is 17.2 Å². The van der Waals surface area contributed by atoms with Gasteiger partial charge >= 0.3 is 29.2 Å². The third-order valence-electron chi connectivity index (χ3n) is 4.79. The van der Waals surface area contributed by atoms with E-state index in [0.29, 0.717) is 5.56 Å². The number of aromatic nitrogens is 2. The molecule has 1 fully saturated rings. The van der Waals surface area contributed by atoms with Gasteiger partial charge in [-0.2, -0.15) is 8.62 Å². The summed E-state index contributed by atoms with van der Waals surface area (Å²) in [4.78, 5) is 62.5. The van der Waals surface area contributed by atoms with Crippen molar-refractivity contribution in [2.75, 3.05) is 6.61 Å². The first-order valence-corrected chi connectivity index (χ1v) is 15.2. The van der Waals surface area contributed by atoms with E-state index in [2.05, 4.69) is 34.1 Å². The van der Waals surface area contributed by atoms with Crippen LogP contribution in [0.3, 0.4) is 0 Å². The lowest BCUT2D eigenvalue weighted by Crippen LogP contribution is -2.36. The van der Waals surface area contributed by atoms with Crippen molar-refractivity contribution in [2.24, 2.45) is 0 Å². The lowest BCUT2D eigenvalue weighted by Gasteiger charge is -2.19. The second kappa shape index (κ2) is 11.4. The Morgan fingerprint density at radius 2 is 1.59 bits per heavy atom. The molecule has 1 saturated heterocycles. The summed E-state index contributed by atoms with van der Waals surface area (Å²) in [5.74, 6) is 0. The molecule has 2 aromatic rings. The molecule has 0 amide bonds. The molecule has 1 aromatic carbocycles. The highest BCUT2D eigenvalue weighted by molar-refractivity contribution is 9.10. The van der Waals surface area contributed by atoms with Gasteiger partial charge in [-0.3, -0.25) is 18.9 Å². The average molecular weight is 653 g/mol. The van der Waals surface area contributed by atoms with E-state index < -0.39 is 65.7 Å². The van der Waals surface area contributed by atoms with E-state index in [0.717, 1.165) is 15.2 Å². The number of aliphatic hydroxyl groups is 2. The first-order valence-electron chi connectivity index (χ1n) is 9.84. The van der Waals surface area contributed by atoms with Crippen LogP contribution in [0.2, 0.25) is 0 Å². The number of phosphoric acid groups is 3. The number of aromatic amines is 1. The highest BCUT2D eigenvalue weighted by Gasteiger charge is 2.47. The summed E-state index contributed by atoms with van der Waals surface area (Å²) in [5.41, 5.74) is -1.30. The zero-order valence-corrected chi connectivity index (χ0v) is 22.4. The predicted molar refractivity (Wildman–Crippen MR) is 124 cm³/mol. The van der Waals surface area contributed by atoms with Gasteiger partial charge < -0.3 is 34.5 Å². The molecule has 1 aromatic heterocycles. The van der Waals surface area contributed by atoms with Gasteiger partial charge in [0.1, 0.15) is 24.4 Å². The van der Waals surface area contributed by atoms with Crippen molar-refractivity contribution >= 4 is 39.4 Å². The molecule has 206 valence electrons. The summed E-state index contributed by atoms with van der Waals surface area (Å²) in [6.07, 6.45) is -5.63. The fraction of sp³-hybridized carbons (Fsp3) is 0.375. The molecule has 2 heterocycles. The molecule has 0 aliphatic carbocycles. The van der Waals surface area contributed by atoms with E-state index in [1.807, 2.05) is 0 Å². The molecule has 7 N–H and O–H groups in total. The van der Waals surface area contributed by atoms with Crippen LogP contribution >= 0.6 is 39.4 Å². The van der Waals surface area contributed by atoms with Crippen LogP contribution < -0.4 is 11.2 Å². The van der Waals surface area contributed by atoms with Crippen molar-refractivity contribution in [3.05, 3.63) is 66.9 Å². The Bertz CT molecular complexity index is 1390. The van der Waals surface area contributed by atoms with Crippen LogP contribution in [0, 0.1) is 0 Å². The number of nitrogens with one attached hydrogen (secondary N) is 1. The first-order chi connectivity index (χ1) is 17.0. The van der Waals surface area contributed by atoms with E-state index in [1.165, 1.54) is 0 Å². The Kier molecular flexibility index (Phi) is 9.32. The molecule has 0 saturated carbocycles. The number of benzene rings is 1. The minimum Gasteiger partial charge on any atom is -0.387 e.